The van der Waals surface area contributed by atoms with E-state index in [1.807, 2.05) is 31.2 Å². The zero-order chi connectivity index (χ0) is 15.6. The molecule has 0 aromatic heterocycles. The number of nitrogens with two attached hydrogens (primary N) is 1. The molecule has 1 atom stereocenters. The first-order valence-electron chi connectivity index (χ1n) is 6.19. The largest absolute Gasteiger partial charge is 0.389 e. The molecular weight excluding hydrogens is 358 g/mol. The van der Waals surface area contributed by atoms with Gasteiger partial charge in [0, 0.05) is 16.1 Å². The first-order chi connectivity index (χ1) is 9.88. The molecule has 1 unspecified atom stereocenters. The summed E-state index contributed by atoms with van der Waals surface area (Å²) >= 11 is 8.06. The number of rotatable bonds is 4. The molecule has 0 amide bonds. The summed E-state index contributed by atoms with van der Waals surface area (Å²) in [5, 5.41) is 2.83. The van der Waals surface area contributed by atoms with E-state index in [1.165, 1.54) is 0 Å². The Hall–Kier alpha value is -1.53. The lowest BCUT2D eigenvalue weighted by Crippen LogP contribution is -2.13. The smallest absolute Gasteiger partial charge is 0.150 e. The highest BCUT2D eigenvalue weighted by molar-refractivity contribution is 9.10. The van der Waals surface area contributed by atoms with Crippen LogP contribution in [0.2, 0.25) is 0 Å². The van der Waals surface area contributed by atoms with E-state index in [4.69, 9.17) is 18.0 Å². The molecule has 6 heteroatoms. The molecule has 2 nitrogen and oxygen atoms in total. The van der Waals surface area contributed by atoms with Crippen LogP contribution in [0.1, 0.15) is 24.1 Å². The van der Waals surface area contributed by atoms with Crippen molar-refractivity contribution in [3.63, 3.8) is 0 Å². The SMILES string of the molecule is CC(Nc1c(F)cc(C(N)=S)cc1F)c1ccc(Br)cc1. The van der Waals surface area contributed by atoms with E-state index in [1.54, 1.807) is 0 Å². The quantitative estimate of drug-likeness (QED) is 0.776. The fourth-order valence-electron chi connectivity index (χ4n) is 1.90. The highest BCUT2D eigenvalue weighted by atomic mass is 79.9. The molecule has 0 heterocycles. The van der Waals surface area contributed by atoms with Crippen molar-refractivity contribution in [1.82, 2.24) is 0 Å². The van der Waals surface area contributed by atoms with Gasteiger partial charge in [0.25, 0.3) is 0 Å². The van der Waals surface area contributed by atoms with Crippen LogP contribution in [0.5, 0.6) is 0 Å². The van der Waals surface area contributed by atoms with Crippen molar-refractivity contribution in [3.05, 3.63) is 63.6 Å². The third-order valence-electron chi connectivity index (χ3n) is 3.06. The molecule has 2 rings (SSSR count). The molecule has 0 aliphatic rings. The molecule has 0 fully saturated rings. The second-order valence-corrected chi connectivity index (χ2v) is 5.95. The van der Waals surface area contributed by atoms with Crippen LogP contribution in [-0.4, -0.2) is 4.99 Å². The van der Waals surface area contributed by atoms with Crippen molar-refractivity contribution in [2.75, 3.05) is 5.32 Å². The van der Waals surface area contributed by atoms with E-state index >= 15 is 0 Å². The predicted octanol–water partition coefficient (Wildman–Crippen LogP) is 4.53. The van der Waals surface area contributed by atoms with Crippen LogP contribution in [0.4, 0.5) is 14.5 Å². The molecule has 3 N–H and O–H groups in total. The number of nitrogens with one attached hydrogen (secondary N) is 1. The summed E-state index contributed by atoms with van der Waals surface area (Å²) in [6.07, 6.45) is 0. The number of benzene rings is 2. The van der Waals surface area contributed by atoms with Crippen molar-refractivity contribution in [3.8, 4) is 0 Å². The Labute approximate surface area is 135 Å². The van der Waals surface area contributed by atoms with Crippen molar-refractivity contribution in [2.45, 2.75) is 13.0 Å². The average molecular weight is 371 g/mol. The van der Waals surface area contributed by atoms with Crippen LogP contribution in [0.15, 0.2) is 40.9 Å². The minimum atomic E-state index is -0.721. The Bertz CT molecular complexity index is 651. The summed E-state index contributed by atoms with van der Waals surface area (Å²) in [7, 11) is 0. The van der Waals surface area contributed by atoms with Crippen LogP contribution < -0.4 is 11.1 Å². The van der Waals surface area contributed by atoms with Gasteiger partial charge in [-0.05, 0) is 36.8 Å². The average Bonchev–Trinajstić information content (AvgIpc) is 2.43. The molecule has 21 heavy (non-hydrogen) atoms. The van der Waals surface area contributed by atoms with Crippen LogP contribution in [-0.2, 0) is 0 Å². The number of halogens is 3. The molecule has 0 saturated heterocycles. The Morgan fingerprint density at radius 1 is 1.19 bits per heavy atom. The lowest BCUT2D eigenvalue weighted by atomic mass is 10.1. The van der Waals surface area contributed by atoms with Gasteiger partial charge >= 0.3 is 0 Å². The molecule has 0 aliphatic heterocycles. The first-order valence-corrected chi connectivity index (χ1v) is 7.39. The van der Waals surface area contributed by atoms with Crippen molar-refractivity contribution >= 4 is 38.8 Å². The Morgan fingerprint density at radius 2 is 1.71 bits per heavy atom. The fourth-order valence-corrected chi connectivity index (χ4v) is 2.29. The van der Waals surface area contributed by atoms with Crippen molar-refractivity contribution < 1.29 is 8.78 Å². The fraction of sp³-hybridized carbons (Fsp3) is 0.133. The van der Waals surface area contributed by atoms with Gasteiger partial charge in [0.15, 0.2) is 0 Å². The number of hydrogen-bond acceptors (Lipinski definition) is 2. The molecule has 2 aromatic carbocycles. The van der Waals surface area contributed by atoms with Crippen LogP contribution >= 0.6 is 28.1 Å². The highest BCUT2D eigenvalue weighted by Gasteiger charge is 2.15. The molecule has 0 radical (unpaired) electrons. The molecule has 0 saturated carbocycles. The minimum absolute atomic E-state index is 0.0414. The second kappa shape index (κ2) is 6.49. The zero-order valence-electron chi connectivity index (χ0n) is 11.2. The van der Waals surface area contributed by atoms with Gasteiger partial charge in [-0.2, -0.15) is 0 Å². The molecule has 0 spiro atoms. The maximum atomic E-state index is 14.0. The van der Waals surface area contributed by atoms with E-state index in [0.717, 1.165) is 22.2 Å². The van der Waals surface area contributed by atoms with Gasteiger partial charge in [0.1, 0.15) is 22.3 Å². The lowest BCUT2D eigenvalue weighted by Gasteiger charge is -2.17. The standard InChI is InChI=1S/C15H13BrF2N2S/c1-8(9-2-4-11(16)5-3-9)20-14-12(17)6-10(15(19)21)7-13(14)18/h2-8,20H,1H3,(H2,19,21). The van der Waals surface area contributed by atoms with E-state index < -0.39 is 11.6 Å². The zero-order valence-corrected chi connectivity index (χ0v) is 13.6. The Kier molecular flexibility index (Phi) is 4.90. The summed E-state index contributed by atoms with van der Waals surface area (Å²) < 4.78 is 28.9. The van der Waals surface area contributed by atoms with E-state index in [9.17, 15) is 8.78 Å². The van der Waals surface area contributed by atoms with Crippen molar-refractivity contribution in [2.24, 2.45) is 5.73 Å². The number of anilines is 1. The number of hydrogen-bond donors (Lipinski definition) is 2. The van der Waals surface area contributed by atoms with Crippen LogP contribution in [0.25, 0.3) is 0 Å². The molecule has 0 bridgehead atoms. The lowest BCUT2D eigenvalue weighted by molar-refractivity contribution is 0.584. The maximum Gasteiger partial charge on any atom is 0.150 e. The number of thiocarbonyl (C=S) groups is 1. The third-order valence-corrected chi connectivity index (χ3v) is 3.82. The first kappa shape index (κ1) is 15.9. The maximum absolute atomic E-state index is 14.0. The van der Waals surface area contributed by atoms with Gasteiger partial charge in [-0.3, -0.25) is 0 Å². The summed E-state index contributed by atoms with van der Waals surface area (Å²) in [6.45, 7) is 1.82. The molecule has 0 aliphatic carbocycles. The van der Waals surface area contributed by atoms with E-state index in [2.05, 4.69) is 21.2 Å². The summed E-state index contributed by atoms with van der Waals surface area (Å²) in [5.41, 5.74) is 6.27. The van der Waals surface area contributed by atoms with Gasteiger partial charge in [-0.15, -0.1) is 0 Å². The Balaban J connectivity index is 2.27. The predicted molar refractivity (Wildman–Crippen MR) is 88.4 cm³/mol. The van der Waals surface area contributed by atoms with Crippen molar-refractivity contribution in [1.29, 1.82) is 0 Å². The van der Waals surface area contributed by atoms with Crippen LogP contribution in [0, 0.1) is 11.6 Å². The molecule has 110 valence electrons. The van der Waals surface area contributed by atoms with Gasteiger partial charge in [-0.25, -0.2) is 8.78 Å². The second-order valence-electron chi connectivity index (χ2n) is 4.60. The summed E-state index contributed by atoms with van der Waals surface area (Å²) in [6, 6.07) is 9.50. The normalized spacial score (nSPS) is 12.0. The van der Waals surface area contributed by atoms with Crippen LogP contribution in [0.3, 0.4) is 0 Å². The minimum Gasteiger partial charge on any atom is -0.389 e. The van der Waals surface area contributed by atoms with Gasteiger partial charge < -0.3 is 11.1 Å². The van der Waals surface area contributed by atoms with Gasteiger partial charge in [0.05, 0.1) is 0 Å². The third kappa shape index (κ3) is 3.77. The molecule has 2 aromatic rings. The van der Waals surface area contributed by atoms with Gasteiger partial charge in [-0.1, -0.05) is 40.3 Å². The van der Waals surface area contributed by atoms with E-state index in [0.29, 0.717) is 0 Å². The Morgan fingerprint density at radius 3 is 2.19 bits per heavy atom. The highest BCUT2D eigenvalue weighted by Crippen LogP contribution is 2.26. The molecular formula is C15H13BrF2N2S. The van der Waals surface area contributed by atoms with E-state index in [-0.39, 0.29) is 22.3 Å². The summed E-state index contributed by atoms with van der Waals surface area (Å²) in [4.78, 5) is -0.0414. The van der Waals surface area contributed by atoms with Gasteiger partial charge in [0.2, 0.25) is 0 Å². The topological polar surface area (TPSA) is 38.0 Å². The summed E-state index contributed by atoms with van der Waals surface area (Å²) in [5.74, 6) is -1.44. The monoisotopic (exact) mass is 370 g/mol.